The van der Waals surface area contributed by atoms with Crippen LogP contribution >= 0.6 is 0 Å². The molecule has 21 atom stereocenters. The van der Waals surface area contributed by atoms with Gasteiger partial charge in [-0.25, -0.2) is 0 Å². The van der Waals surface area contributed by atoms with E-state index in [1.807, 2.05) is 13.8 Å². The maximum Gasteiger partial charge on any atom is 0.305 e. The fourth-order valence-electron chi connectivity index (χ4n) is 12.1. The Labute approximate surface area is 341 Å². The predicted octanol–water partition coefficient (Wildman–Crippen LogP) is 4.51. The average molecular weight is 817 g/mol. The highest BCUT2D eigenvalue weighted by atomic mass is 16.8. The standard InChI is InChI=1S/C44H64O14/c1-20-13-24(50-29(22(20)3)16-31-36(47)23(4)37-32(52-31)17-30-34(55-37)19-48-43(5,6)56-30)7-9-27-21(2)14-26(49-27)11-12-44-18-33-39(57-44)40-41(54-33)42(58-44)38-28(53-40)10-8-25(51-38)15-35(45)46/h20,23-34,36-42,47H,2-3,7-19H2,1,4-6H3,(H,45,46)/t20-,23-,24+,25-,26?,27+,28+,29?,30-,31+,32+,33?,34-,36-,37+,38+,39?,40+,41-,42+,44?/m1/s1. The zero-order valence-electron chi connectivity index (χ0n) is 34.4. The quantitative estimate of drug-likeness (QED) is 0.297. The van der Waals surface area contributed by atoms with E-state index >= 15 is 0 Å². The summed E-state index contributed by atoms with van der Waals surface area (Å²) in [5.74, 6) is -2.19. The number of aliphatic hydroxyl groups excluding tert-OH is 1. The number of fused-ring (bicyclic) bond motifs is 3. The molecule has 0 aliphatic carbocycles. The van der Waals surface area contributed by atoms with E-state index in [9.17, 15) is 15.0 Å². The maximum atomic E-state index is 11.5. The van der Waals surface area contributed by atoms with E-state index < -0.39 is 35.9 Å². The lowest BCUT2D eigenvalue weighted by Crippen LogP contribution is -2.63. The number of aliphatic hydroxyl groups is 1. The summed E-state index contributed by atoms with van der Waals surface area (Å²) >= 11 is 0. The first kappa shape index (κ1) is 40.5. The molecular weight excluding hydrogens is 752 g/mol. The summed E-state index contributed by atoms with van der Waals surface area (Å²) in [5, 5.41) is 20.9. The van der Waals surface area contributed by atoms with E-state index in [0.29, 0.717) is 38.7 Å². The van der Waals surface area contributed by atoms with Crippen molar-refractivity contribution in [3.8, 4) is 0 Å². The Bertz CT molecular complexity index is 1590. The van der Waals surface area contributed by atoms with Crippen molar-refractivity contribution >= 4 is 5.97 Å². The molecule has 58 heavy (non-hydrogen) atoms. The molecule has 0 aromatic rings. The second-order valence-corrected chi connectivity index (χ2v) is 19.7. The third-order valence-electron chi connectivity index (χ3n) is 15.2. The van der Waals surface area contributed by atoms with Crippen LogP contribution in [0.3, 0.4) is 0 Å². The fraction of sp³-hybridized carbons (Fsp3) is 0.886. The molecule has 0 radical (unpaired) electrons. The first-order valence-corrected chi connectivity index (χ1v) is 22.2. The van der Waals surface area contributed by atoms with Crippen LogP contribution in [0.25, 0.3) is 0 Å². The maximum absolute atomic E-state index is 11.5. The SMILES string of the molecule is C=C1C(C[C@@H]2O[C@H]3C[C@H]4OC(C)(C)OC[C@H]4O[C@H]3[C@H](C)[C@H]2O)O[C@@H](CC[C@@H]2OC(CCC34CC5O[C@H]6[C@@H](O3)[C@H]3O[C@@H](CC(=O)O)CC[C@@H]3O[C@H]6C5O4)CC2=C)C[C@H]1C. The largest absolute Gasteiger partial charge is 0.481 e. The van der Waals surface area contributed by atoms with Gasteiger partial charge in [-0.15, -0.1) is 0 Å². The summed E-state index contributed by atoms with van der Waals surface area (Å²) in [6, 6.07) is 0. The monoisotopic (exact) mass is 816 g/mol. The van der Waals surface area contributed by atoms with Crippen LogP contribution in [0.5, 0.6) is 0 Å². The van der Waals surface area contributed by atoms with Gasteiger partial charge in [0.1, 0.15) is 36.6 Å². The van der Waals surface area contributed by atoms with Gasteiger partial charge in [-0.1, -0.05) is 27.0 Å². The highest BCUT2D eigenvalue weighted by Crippen LogP contribution is 2.54. The van der Waals surface area contributed by atoms with E-state index in [4.69, 9.17) is 52.1 Å². The molecule has 11 aliphatic heterocycles. The van der Waals surface area contributed by atoms with E-state index in [2.05, 4.69) is 27.0 Å². The Kier molecular flexibility index (Phi) is 10.7. The summed E-state index contributed by atoms with van der Waals surface area (Å²) in [6.07, 6.45) is 3.80. The molecular formula is C44H64O14. The summed E-state index contributed by atoms with van der Waals surface area (Å²) in [7, 11) is 0. The van der Waals surface area contributed by atoms with Crippen LogP contribution in [-0.2, 0) is 56.9 Å². The average Bonchev–Trinajstić information content (AvgIpc) is 3.76. The molecule has 14 nitrogen and oxygen atoms in total. The van der Waals surface area contributed by atoms with Crippen molar-refractivity contribution in [2.45, 2.75) is 226 Å². The van der Waals surface area contributed by atoms with E-state index in [1.54, 1.807) is 0 Å². The summed E-state index contributed by atoms with van der Waals surface area (Å²) in [5.41, 5.74) is 2.16. The number of carbonyl (C=O) groups is 1. The zero-order chi connectivity index (χ0) is 40.2. The molecule has 11 fully saturated rings. The zero-order valence-corrected chi connectivity index (χ0v) is 34.4. The number of rotatable bonds is 10. The Morgan fingerprint density at radius 2 is 1.48 bits per heavy atom. The van der Waals surface area contributed by atoms with Gasteiger partial charge < -0.3 is 62.3 Å². The Morgan fingerprint density at radius 1 is 0.724 bits per heavy atom. The Balaban J connectivity index is 0.725. The molecule has 14 heteroatoms. The number of carboxylic acid groups (broad SMARTS) is 1. The molecule has 11 rings (SSSR count). The van der Waals surface area contributed by atoms with E-state index in [-0.39, 0.29) is 110 Å². The van der Waals surface area contributed by atoms with Crippen LogP contribution in [-0.4, -0.2) is 144 Å². The minimum atomic E-state index is -0.866. The minimum Gasteiger partial charge on any atom is -0.481 e. The first-order chi connectivity index (χ1) is 27.7. The molecule has 11 aliphatic rings. The van der Waals surface area contributed by atoms with Gasteiger partial charge in [0.05, 0.1) is 86.3 Å². The second kappa shape index (κ2) is 15.4. The van der Waals surface area contributed by atoms with Gasteiger partial charge in [-0.05, 0) is 75.9 Å². The van der Waals surface area contributed by atoms with Crippen LogP contribution in [0.15, 0.2) is 24.3 Å². The smallest absolute Gasteiger partial charge is 0.305 e. The van der Waals surface area contributed by atoms with Crippen molar-refractivity contribution in [1.29, 1.82) is 0 Å². The van der Waals surface area contributed by atoms with Crippen LogP contribution in [0.1, 0.15) is 105 Å². The number of ether oxygens (including phenoxy) is 11. The van der Waals surface area contributed by atoms with E-state index in [1.165, 1.54) is 0 Å². The Hall–Kier alpha value is -1.53. The molecule has 0 spiro atoms. The van der Waals surface area contributed by atoms with Gasteiger partial charge in [0, 0.05) is 31.6 Å². The van der Waals surface area contributed by atoms with Gasteiger partial charge in [-0.3, -0.25) is 4.79 Å². The number of hydrogen-bond acceptors (Lipinski definition) is 13. The lowest BCUT2D eigenvalue weighted by molar-refractivity contribution is -0.355. The van der Waals surface area contributed by atoms with Crippen molar-refractivity contribution in [2.24, 2.45) is 11.8 Å². The van der Waals surface area contributed by atoms with Crippen LogP contribution in [0, 0.1) is 11.8 Å². The normalized spacial score (nSPS) is 52.8. The molecule has 11 saturated heterocycles. The van der Waals surface area contributed by atoms with Gasteiger partial charge in [0.25, 0.3) is 0 Å². The van der Waals surface area contributed by atoms with Crippen molar-refractivity contribution in [3.05, 3.63) is 24.3 Å². The molecule has 324 valence electrons. The number of hydrogen-bond donors (Lipinski definition) is 2. The molecule has 2 N–H and O–H groups in total. The Morgan fingerprint density at radius 3 is 2.31 bits per heavy atom. The highest BCUT2D eigenvalue weighted by Gasteiger charge is 2.69. The molecule has 5 unspecified atom stereocenters. The van der Waals surface area contributed by atoms with Gasteiger partial charge in [0.15, 0.2) is 11.6 Å². The first-order valence-electron chi connectivity index (χ1n) is 22.2. The summed E-state index contributed by atoms with van der Waals surface area (Å²) in [4.78, 5) is 11.5. The van der Waals surface area contributed by atoms with Crippen molar-refractivity contribution in [3.63, 3.8) is 0 Å². The summed E-state index contributed by atoms with van der Waals surface area (Å²) in [6.45, 7) is 17.5. The lowest BCUT2D eigenvalue weighted by Gasteiger charge is -2.53. The van der Waals surface area contributed by atoms with Crippen molar-refractivity contribution < 1.29 is 67.1 Å². The molecule has 0 aromatic carbocycles. The molecule has 0 amide bonds. The second-order valence-electron chi connectivity index (χ2n) is 19.7. The van der Waals surface area contributed by atoms with Crippen molar-refractivity contribution in [2.75, 3.05) is 6.61 Å². The molecule has 0 aromatic heterocycles. The third kappa shape index (κ3) is 7.46. The third-order valence-corrected chi connectivity index (χ3v) is 15.2. The van der Waals surface area contributed by atoms with Crippen molar-refractivity contribution in [1.82, 2.24) is 0 Å². The fourth-order valence-corrected chi connectivity index (χ4v) is 12.1. The van der Waals surface area contributed by atoms with Crippen LogP contribution in [0.4, 0.5) is 0 Å². The topological polar surface area (TPSA) is 159 Å². The molecule has 0 saturated carbocycles. The lowest BCUT2D eigenvalue weighted by atomic mass is 9.79. The molecule has 11 heterocycles. The van der Waals surface area contributed by atoms with Crippen LogP contribution in [0.2, 0.25) is 0 Å². The highest BCUT2D eigenvalue weighted by molar-refractivity contribution is 5.67. The summed E-state index contributed by atoms with van der Waals surface area (Å²) < 4.78 is 71.5. The number of aliphatic carboxylic acids is 1. The minimum absolute atomic E-state index is 0.00215. The van der Waals surface area contributed by atoms with Gasteiger partial charge in [-0.2, -0.15) is 0 Å². The molecule has 6 bridgehead atoms. The van der Waals surface area contributed by atoms with Crippen LogP contribution < -0.4 is 0 Å². The van der Waals surface area contributed by atoms with Gasteiger partial charge >= 0.3 is 5.97 Å². The van der Waals surface area contributed by atoms with E-state index in [0.717, 1.165) is 49.7 Å². The predicted molar refractivity (Wildman–Crippen MR) is 204 cm³/mol. The number of carboxylic acids is 1. The van der Waals surface area contributed by atoms with Gasteiger partial charge in [0.2, 0.25) is 0 Å².